The maximum absolute atomic E-state index is 13.4. The molecule has 0 radical (unpaired) electrons. The minimum absolute atomic E-state index is 0.324. The maximum atomic E-state index is 13.4. The fourth-order valence-corrected chi connectivity index (χ4v) is 1.86. The van der Waals surface area contributed by atoms with Crippen LogP contribution in [0.3, 0.4) is 0 Å². The number of rotatable bonds is 1. The zero-order valence-electron chi connectivity index (χ0n) is 7.74. The van der Waals surface area contributed by atoms with E-state index in [0.29, 0.717) is 17.8 Å². The van der Waals surface area contributed by atoms with Crippen LogP contribution in [0.2, 0.25) is 0 Å². The SMILES string of the molecule is Nc1ccc(C2CCC[N+]2=O)c(F)c1. The smallest absolute Gasteiger partial charge is 0.229 e. The second-order valence-electron chi connectivity index (χ2n) is 3.58. The Labute approximate surface area is 81.3 Å². The third-order valence-corrected chi connectivity index (χ3v) is 2.59. The molecule has 0 amide bonds. The van der Waals surface area contributed by atoms with Crippen LogP contribution >= 0.6 is 0 Å². The van der Waals surface area contributed by atoms with Gasteiger partial charge in [-0.25, -0.2) is 4.39 Å². The van der Waals surface area contributed by atoms with Crippen molar-refractivity contribution in [3.05, 3.63) is 34.5 Å². The first-order chi connectivity index (χ1) is 6.68. The maximum Gasteiger partial charge on any atom is 0.229 e. The highest BCUT2D eigenvalue weighted by atomic mass is 19.1. The second-order valence-corrected chi connectivity index (χ2v) is 3.58. The van der Waals surface area contributed by atoms with Crippen molar-refractivity contribution in [2.45, 2.75) is 18.9 Å². The van der Waals surface area contributed by atoms with Crippen molar-refractivity contribution in [3.8, 4) is 0 Å². The van der Waals surface area contributed by atoms with E-state index in [1.54, 1.807) is 12.1 Å². The van der Waals surface area contributed by atoms with E-state index in [0.717, 1.165) is 17.6 Å². The number of halogens is 1. The highest BCUT2D eigenvalue weighted by Crippen LogP contribution is 2.30. The van der Waals surface area contributed by atoms with Gasteiger partial charge in [-0.15, -0.1) is 0 Å². The van der Waals surface area contributed by atoms with Crippen molar-refractivity contribution in [2.24, 2.45) is 0 Å². The first-order valence-electron chi connectivity index (χ1n) is 4.67. The molecular formula is C10H12FN2O+. The standard InChI is InChI=1S/C10H12FN2O/c11-9-6-7(12)3-4-8(9)10-2-1-5-13(10)14/h3-4,6,10H,1-2,5,12H2/q+1. The number of nitrogens with zero attached hydrogens (tertiary/aromatic N) is 1. The Bertz CT molecular complexity index is 378. The Balaban J connectivity index is 2.36. The normalized spacial score (nSPS) is 21.5. The molecule has 4 heteroatoms. The summed E-state index contributed by atoms with van der Waals surface area (Å²) in [6, 6.07) is 4.17. The van der Waals surface area contributed by atoms with Crippen molar-refractivity contribution < 1.29 is 9.15 Å². The summed E-state index contributed by atoms with van der Waals surface area (Å²) < 4.78 is 14.4. The van der Waals surface area contributed by atoms with Crippen molar-refractivity contribution in [3.63, 3.8) is 0 Å². The van der Waals surface area contributed by atoms with Crippen LogP contribution in [0, 0.1) is 10.7 Å². The quantitative estimate of drug-likeness (QED) is 0.550. The van der Waals surface area contributed by atoms with E-state index in [4.69, 9.17) is 5.73 Å². The Hall–Kier alpha value is -1.45. The highest BCUT2D eigenvalue weighted by Gasteiger charge is 2.35. The lowest BCUT2D eigenvalue weighted by Crippen LogP contribution is -2.10. The number of anilines is 1. The number of benzene rings is 1. The van der Waals surface area contributed by atoms with E-state index in [9.17, 15) is 9.30 Å². The summed E-state index contributed by atoms with van der Waals surface area (Å²) in [4.78, 5) is 11.3. The van der Waals surface area contributed by atoms with Gasteiger partial charge in [-0.2, -0.15) is 0 Å². The molecule has 1 aromatic carbocycles. The van der Waals surface area contributed by atoms with E-state index in [1.807, 2.05) is 0 Å². The van der Waals surface area contributed by atoms with Crippen LogP contribution < -0.4 is 5.73 Å². The second kappa shape index (κ2) is 3.36. The zero-order valence-corrected chi connectivity index (χ0v) is 7.74. The van der Waals surface area contributed by atoms with Crippen molar-refractivity contribution in [2.75, 3.05) is 12.3 Å². The van der Waals surface area contributed by atoms with Gasteiger partial charge in [0.2, 0.25) is 6.04 Å². The Morgan fingerprint density at radius 2 is 2.29 bits per heavy atom. The van der Waals surface area contributed by atoms with Gasteiger partial charge in [0.25, 0.3) is 0 Å². The third-order valence-electron chi connectivity index (χ3n) is 2.59. The fraction of sp³-hybridized carbons (Fsp3) is 0.400. The predicted molar refractivity (Wildman–Crippen MR) is 51.3 cm³/mol. The lowest BCUT2D eigenvalue weighted by Gasteiger charge is -2.04. The topological polar surface area (TPSA) is 46.1 Å². The van der Waals surface area contributed by atoms with Gasteiger partial charge >= 0.3 is 0 Å². The van der Waals surface area contributed by atoms with E-state index >= 15 is 0 Å². The summed E-state index contributed by atoms with van der Waals surface area (Å²) in [5.41, 5.74) is 6.28. The summed E-state index contributed by atoms with van der Waals surface area (Å²) in [6.45, 7) is 0.495. The van der Waals surface area contributed by atoms with Gasteiger partial charge in [0.05, 0.1) is 5.56 Å². The molecule has 1 saturated heterocycles. The van der Waals surface area contributed by atoms with Crippen molar-refractivity contribution in [1.29, 1.82) is 0 Å². The molecule has 1 aliphatic rings. The van der Waals surface area contributed by atoms with Gasteiger partial charge in [0.1, 0.15) is 5.82 Å². The number of nitrogens with two attached hydrogens (primary N) is 1. The first kappa shape index (κ1) is 9.12. The van der Waals surface area contributed by atoms with Crippen LogP contribution in [0.4, 0.5) is 10.1 Å². The molecule has 2 rings (SSSR count). The molecule has 0 aliphatic carbocycles. The largest absolute Gasteiger partial charge is 0.399 e. The molecule has 1 atom stereocenters. The predicted octanol–water partition coefficient (Wildman–Crippen LogP) is 2.02. The zero-order chi connectivity index (χ0) is 10.1. The molecule has 0 bridgehead atoms. The van der Waals surface area contributed by atoms with Gasteiger partial charge in [-0.1, -0.05) is 0 Å². The fourth-order valence-electron chi connectivity index (χ4n) is 1.86. The van der Waals surface area contributed by atoms with E-state index in [1.165, 1.54) is 6.07 Å². The summed E-state index contributed by atoms with van der Waals surface area (Å²) >= 11 is 0. The molecule has 14 heavy (non-hydrogen) atoms. The van der Waals surface area contributed by atoms with Crippen LogP contribution in [0.25, 0.3) is 0 Å². The number of nitroso groups, excluding NO2 is 1. The number of hydrogen-bond acceptors (Lipinski definition) is 2. The van der Waals surface area contributed by atoms with Gasteiger partial charge in [-0.05, 0) is 18.2 Å². The minimum Gasteiger partial charge on any atom is -0.399 e. The molecule has 0 aromatic heterocycles. The summed E-state index contributed by atoms with van der Waals surface area (Å²) in [7, 11) is 0. The van der Waals surface area contributed by atoms with E-state index in [2.05, 4.69) is 0 Å². The van der Waals surface area contributed by atoms with Gasteiger partial charge in [0.15, 0.2) is 6.54 Å². The Morgan fingerprint density at radius 1 is 1.50 bits per heavy atom. The molecule has 1 unspecified atom stereocenters. The number of nitrogen functional groups attached to an aromatic ring is 1. The lowest BCUT2D eigenvalue weighted by atomic mass is 10.0. The molecule has 3 nitrogen and oxygen atoms in total. The van der Waals surface area contributed by atoms with Gasteiger partial charge < -0.3 is 5.73 Å². The molecule has 0 spiro atoms. The highest BCUT2D eigenvalue weighted by molar-refractivity contribution is 5.41. The molecule has 0 saturated carbocycles. The van der Waals surface area contributed by atoms with Gasteiger partial charge in [-0.3, -0.25) is 0 Å². The lowest BCUT2D eigenvalue weighted by molar-refractivity contribution is -0.571. The van der Waals surface area contributed by atoms with Crippen LogP contribution in [-0.2, 0) is 0 Å². The third kappa shape index (κ3) is 1.47. The first-order valence-corrected chi connectivity index (χ1v) is 4.67. The van der Waals surface area contributed by atoms with E-state index < -0.39 is 0 Å². The van der Waals surface area contributed by atoms with Crippen LogP contribution in [-0.4, -0.2) is 11.3 Å². The van der Waals surface area contributed by atoms with Crippen LogP contribution in [0.5, 0.6) is 0 Å². The van der Waals surface area contributed by atoms with Crippen molar-refractivity contribution >= 4 is 5.69 Å². The molecule has 2 N–H and O–H groups in total. The molecule has 1 heterocycles. The van der Waals surface area contributed by atoms with E-state index in [-0.39, 0.29) is 11.9 Å². The van der Waals surface area contributed by atoms with Crippen LogP contribution in [0.1, 0.15) is 24.4 Å². The minimum atomic E-state index is -0.377. The Kier molecular flexibility index (Phi) is 2.19. The molecular weight excluding hydrogens is 183 g/mol. The summed E-state index contributed by atoms with van der Waals surface area (Å²) in [5, 5.41) is 0. The average molecular weight is 195 g/mol. The van der Waals surface area contributed by atoms with Gasteiger partial charge in [0, 0.05) is 28.2 Å². The average Bonchev–Trinajstić information content (AvgIpc) is 2.52. The number of hydrogen-bond donors (Lipinski definition) is 1. The summed E-state index contributed by atoms with van der Waals surface area (Å²) in [6.07, 6.45) is 1.56. The molecule has 1 aliphatic heterocycles. The van der Waals surface area contributed by atoms with Crippen molar-refractivity contribution in [1.82, 2.24) is 0 Å². The molecule has 74 valence electrons. The van der Waals surface area contributed by atoms with Crippen LogP contribution in [0.15, 0.2) is 18.2 Å². The monoisotopic (exact) mass is 195 g/mol. The molecule has 1 aromatic rings. The molecule has 1 fully saturated rings. The summed E-state index contributed by atoms with van der Waals surface area (Å²) in [5.74, 6) is -0.377. The Morgan fingerprint density at radius 3 is 2.86 bits per heavy atom.